The molecule has 1 heterocycles. The zero-order chi connectivity index (χ0) is 18.0. The van der Waals surface area contributed by atoms with E-state index in [4.69, 9.17) is 23.2 Å². The van der Waals surface area contributed by atoms with E-state index >= 15 is 0 Å². The molecule has 132 valence electrons. The average molecular weight is 399 g/mol. The summed E-state index contributed by atoms with van der Waals surface area (Å²) in [6.07, 6.45) is 1.99. The van der Waals surface area contributed by atoms with Crippen LogP contribution in [-0.2, 0) is 10.0 Å². The van der Waals surface area contributed by atoms with Gasteiger partial charge in [-0.15, -0.1) is 0 Å². The molecule has 1 N–H and O–H groups in total. The monoisotopic (exact) mass is 398 g/mol. The van der Waals surface area contributed by atoms with Crippen molar-refractivity contribution in [3.05, 3.63) is 58.1 Å². The molecule has 0 atom stereocenters. The van der Waals surface area contributed by atoms with Gasteiger partial charge in [0.25, 0.3) is 15.9 Å². The zero-order valence-corrected chi connectivity index (χ0v) is 15.5. The fourth-order valence-corrected chi connectivity index (χ4v) is 4.11. The molecule has 2 aromatic carbocycles. The second kappa shape index (κ2) is 7.23. The maximum atomic E-state index is 12.5. The van der Waals surface area contributed by atoms with E-state index in [0.717, 1.165) is 25.9 Å². The summed E-state index contributed by atoms with van der Waals surface area (Å²) in [6.45, 7) is 1.47. The predicted molar refractivity (Wildman–Crippen MR) is 98.9 cm³/mol. The summed E-state index contributed by atoms with van der Waals surface area (Å²) in [4.78, 5) is 14.2. The average Bonchev–Trinajstić information content (AvgIpc) is 3.11. The van der Waals surface area contributed by atoms with E-state index in [0.29, 0.717) is 11.3 Å². The normalized spacial score (nSPS) is 14.6. The van der Waals surface area contributed by atoms with Gasteiger partial charge in [0.1, 0.15) is 0 Å². The Morgan fingerprint density at radius 2 is 1.72 bits per heavy atom. The first-order chi connectivity index (χ1) is 11.9. The van der Waals surface area contributed by atoms with Crippen LogP contribution < -0.4 is 4.72 Å². The molecule has 3 rings (SSSR count). The number of nitrogens with one attached hydrogen (secondary N) is 1. The molecule has 0 bridgehead atoms. The highest BCUT2D eigenvalue weighted by atomic mass is 35.5. The van der Waals surface area contributed by atoms with Crippen LogP contribution in [0.1, 0.15) is 23.2 Å². The number of carbonyl (C=O) groups is 1. The van der Waals surface area contributed by atoms with Crippen LogP contribution in [0.25, 0.3) is 0 Å². The molecule has 5 nitrogen and oxygen atoms in total. The van der Waals surface area contributed by atoms with Gasteiger partial charge < -0.3 is 4.90 Å². The first-order valence-electron chi connectivity index (χ1n) is 7.74. The van der Waals surface area contributed by atoms with Crippen LogP contribution in [-0.4, -0.2) is 32.3 Å². The van der Waals surface area contributed by atoms with Crippen LogP contribution in [0.15, 0.2) is 47.4 Å². The van der Waals surface area contributed by atoms with Crippen molar-refractivity contribution in [1.82, 2.24) is 4.90 Å². The summed E-state index contributed by atoms with van der Waals surface area (Å²) in [5, 5.41) is 0.432. The molecule has 1 saturated heterocycles. The van der Waals surface area contributed by atoms with E-state index in [-0.39, 0.29) is 20.8 Å². The molecular formula is C17H16Cl2N2O3S. The van der Waals surface area contributed by atoms with Crippen LogP contribution in [0.2, 0.25) is 10.0 Å². The number of nitrogens with zero attached hydrogens (tertiary/aromatic N) is 1. The Balaban J connectivity index is 1.83. The lowest BCUT2D eigenvalue weighted by Crippen LogP contribution is -2.27. The van der Waals surface area contributed by atoms with Gasteiger partial charge in [-0.25, -0.2) is 8.42 Å². The summed E-state index contributed by atoms with van der Waals surface area (Å²) < 4.78 is 27.5. The van der Waals surface area contributed by atoms with Crippen molar-refractivity contribution in [2.75, 3.05) is 17.8 Å². The number of benzene rings is 2. The smallest absolute Gasteiger partial charge is 0.261 e. The maximum Gasteiger partial charge on any atom is 0.261 e. The standard InChI is InChI=1S/C17H16Cl2N2O3S/c18-15-7-6-14(11-16(15)19)25(23,24)20-13-5-3-4-12(10-13)17(22)21-8-1-2-9-21/h3-7,10-11,20H,1-2,8-9H2. The van der Waals surface area contributed by atoms with Crippen LogP contribution in [0.5, 0.6) is 0 Å². The maximum absolute atomic E-state index is 12.5. The van der Waals surface area contributed by atoms with Crippen LogP contribution in [0, 0.1) is 0 Å². The summed E-state index contributed by atoms with van der Waals surface area (Å²) in [5.41, 5.74) is 0.771. The summed E-state index contributed by atoms with van der Waals surface area (Å²) in [6, 6.07) is 10.5. The molecule has 1 aliphatic rings. The molecule has 25 heavy (non-hydrogen) atoms. The van der Waals surface area contributed by atoms with Gasteiger partial charge in [-0.1, -0.05) is 29.3 Å². The Labute approximate surface area is 156 Å². The fraction of sp³-hybridized carbons (Fsp3) is 0.235. The Morgan fingerprint density at radius 1 is 1.00 bits per heavy atom. The van der Waals surface area contributed by atoms with Gasteiger partial charge in [0, 0.05) is 24.3 Å². The minimum Gasteiger partial charge on any atom is -0.339 e. The van der Waals surface area contributed by atoms with E-state index in [1.165, 1.54) is 24.3 Å². The van der Waals surface area contributed by atoms with E-state index in [1.807, 2.05) is 0 Å². The third kappa shape index (κ3) is 4.08. The van der Waals surface area contributed by atoms with Gasteiger partial charge in [0.15, 0.2) is 0 Å². The molecule has 0 radical (unpaired) electrons. The fourth-order valence-electron chi connectivity index (χ4n) is 2.68. The predicted octanol–water partition coefficient (Wildman–Crippen LogP) is 4.03. The van der Waals surface area contributed by atoms with Crippen molar-refractivity contribution in [3.8, 4) is 0 Å². The highest BCUT2D eigenvalue weighted by Crippen LogP contribution is 2.26. The highest BCUT2D eigenvalue weighted by Gasteiger charge is 2.21. The molecular weight excluding hydrogens is 383 g/mol. The molecule has 0 saturated carbocycles. The Kier molecular flexibility index (Phi) is 5.22. The summed E-state index contributed by atoms with van der Waals surface area (Å²) in [7, 11) is -3.83. The van der Waals surface area contributed by atoms with Gasteiger partial charge >= 0.3 is 0 Å². The van der Waals surface area contributed by atoms with E-state index in [1.54, 1.807) is 23.1 Å². The first-order valence-corrected chi connectivity index (χ1v) is 9.98. The van der Waals surface area contributed by atoms with Crippen molar-refractivity contribution in [1.29, 1.82) is 0 Å². The van der Waals surface area contributed by atoms with Crippen LogP contribution >= 0.6 is 23.2 Å². The van der Waals surface area contributed by atoms with Crippen LogP contribution in [0.3, 0.4) is 0 Å². The highest BCUT2D eigenvalue weighted by molar-refractivity contribution is 7.92. The minimum absolute atomic E-state index is 0.00169. The number of hydrogen-bond donors (Lipinski definition) is 1. The van der Waals surface area contributed by atoms with Gasteiger partial charge in [-0.3, -0.25) is 9.52 Å². The van der Waals surface area contributed by atoms with E-state index in [2.05, 4.69) is 4.72 Å². The SMILES string of the molecule is O=C(c1cccc(NS(=O)(=O)c2ccc(Cl)c(Cl)c2)c1)N1CCCC1. The second-order valence-electron chi connectivity index (χ2n) is 5.76. The quantitative estimate of drug-likeness (QED) is 0.844. The van der Waals surface area contributed by atoms with Crippen molar-refractivity contribution < 1.29 is 13.2 Å². The van der Waals surface area contributed by atoms with Gasteiger partial charge in [0.05, 0.1) is 14.9 Å². The lowest BCUT2D eigenvalue weighted by Gasteiger charge is -2.16. The zero-order valence-electron chi connectivity index (χ0n) is 13.2. The lowest BCUT2D eigenvalue weighted by molar-refractivity contribution is 0.0793. The number of amides is 1. The molecule has 0 spiro atoms. The molecule has 0 unspecified atom stereocenters. The number of rotatable bonds is 4. The first kappa shape index (κ1) is 18.0. The summed E-state index contributed by atoms with van der Waals surface area (Å²) in [5.74, 6) is -0.0897. The van der Waals surface area contributed by atoms with E-state index in [9.17, 15) is 13.2 Å². The topological polar surface area (TPSA) is 66.5 Å². The Bertz CT molecular complexity index is 910. The summed E-state index contributed by atoms with van der Waals surface area (Å²) >= 11 is 11.7. The Morgan fingerprint density at radius 3 is 2.40 bits per heavy atom. The van der Waals surface area contributed by atoms with E-state index < -0.39 is 10.0 Å². The molecule has 1 aliphatic heterocycles. The largest absolute Gasteiger partial charge is 0.339 e. The number of carbonyl (C=O) groups excluding carboxylic acids is 1. The number of likely N-dealkylation sites (tertiary alicyclic amines) is 1. The molecule has 0 aliphatic carbocycles. The third-order valence-corrected chi connectivity index (χ3v) is 6.07. The van der Waals surface area contributed by atoms with Gasteiger partial charge in [0.2, 0.25) is 0 Å². The molecule has 1 amide bonds. The third-order valence-electron chi connectivity index (χ3n) is 3.96. The minimum atomic E-state index is -3.83. The second-order valence-corrected chi connectivity index (χ2v) is 8.26. The van der Waals surface area contributed by atoms with Gasteiger partial charge in [-0.2, -0.15) is 0 Å². The van der Waals surface area contributed by atoms with Crippen molar-refractivity contribution in [2.45, 2.75) is 17.7 Å². The number of anilines is 1. The van der Waals surface area contributed by atoms with Crippen molar-refractivity contribution in [3.63, 3.8) is 0 Å². The molecule has 2 aromatic rings. The van der Waals surface area contributed by atoms with Crippen LogP contribution in [0.4, 0.5) is 5.69 Å². The van der Waals surface area contributed by atoms with Crippen molar-refractivity contribution >= 4 is 44.8 Å². The van der Waals surface area contributed by atoms with Crippen molar-refractivity contribution in [2.24, 2.45) is 0 Å². The molecule has 0 aromatic heterocycles. The number of halogens is 2. The van der Waals surface area contributed by atoms with Gasteiger partial charge in [-0.05, 0) is 49.2 Å². The number of hydrogen-bond acceptors (Lipinski definition) is 3. The molecule has 1 fully saturated rings. The lowest BCUT2D eigenvalue weighted by atomic mass is 10.2. The number of sulfonamides is 1. The Hall–Kier alpha value is -1.76. The molecule has 8 heteroatoms.